The molecular weight excluding hydrogens is 374 g/mol. The van der Waals surface area contributed by atoms with Gasteiger partial charge in [0.1, 0.15) is 5.56 Å². The fourth-order valence-electron chi connectivity index (χ4n) is 3.92. The van der Waals surface area contributed by atoms with Crippen LogP contribution in [0.4, 0.5) is 5.69 Å². The highest BCUT2D eigenvalue weighted by molar-refractivity contribution is 5.93. The molecule has 1 aromatic heterocycles. The second-order valence-corrected chi connectivity index (χ2v) is 7.67. The van der Waals surface area contributed by atoms with Gasteiger partial charge in [0.05, 0.1) is 19.0 Å². The van der Waals surface area contributed by atoms with Gasteiger partial charge in [0.2, 0.25) is 5.43 Å². The minimum Gasteiger partial charge on any atom is -0.477 e. The first kappa shape index (κ1) is 19.4. The van der Waals surface area contributed by atoms with Gasteiger partial charge < -0.3 is 19.3 Å². The second kappa shape index (κ2) is 7.87. The standard InChI is InChI=1S/C21H25N3O5/c1-29-19(25)6-7-22-8-10-23(11-9-22)15-4-5-16-18(12-15)24(14-2-3-14)13-17(20(16)26)21(27)28/h4-5,12-14H,2-3,6-11H2,1H3,(H,27,28). The van der Waals surface area contributed by atoms with Crippen molar-refractivity contribution in [3.63, 3.8) is 0 Å². The third-order valence-corrected chi connectivity index (χ3v) is 5.78. The number of fused-ring (bicyclic) bond motifs is 1. The van der Waals surface area contributed by atoms with Gasteiger partial charge in [-0.1, -0.05) is 0 Å². The summed E-state index contributed by atoms with van der Waals surface area (Å²) in [5.74, 6) is -1.38. The maximum atomic E-state index is 12.6. The van der Waals surface area contributed by atoms with E-state index < -0.39 is 11.4 Å². The van der Waals surface area contributed by atoms with E-state index in [-0.39, 0.29) is 17.6 Å². The number of carbonyl (C=O) groups excluding carboxylic acids is 1. The van der Waals surface area contributed by atoms with E-state index in [9.17, 15) is 19.5 Å². The normalized spacial score (nSPS) is 17.5. The van der Waals surface area contributed by atoms with Crippen LogP contribution in [0.3, 0.4) is 0 Å². The van der Waals surface area contributed by atoms with Crippen LogP contribution in [0.25, 0.3) is 10.9 Å². The van der Waals surface area contributed by atoms with Crippen molar-refractivity contribution in [3.8, 4) is 0 Å². The second-order valence-electron chi connectivity index (χ2n) is 7.67. The van der Waals surface area contributed by atoms with E-state index in [0.717, 1.165) is 50.2 Å². The van der Waals surface area contributed by atoms with Crippen LogP contribution in [0.5, 0.6) is 0 Å². The molecule has 2 aliphatic rings. The number of pyridine rings is 1. The molecule has 29 heavy (non-hydrogen) atoms. The van der Waals surface area contributed by atoms with E-state index in [1.54, 1.807) is 6.07 Å². The zero-order valence-corrected chi connectivity index (χ0v) is 16.5. The lowest BCUT2D eigenvalue weighted by Gasteiger charge is -2.36. The Kier molecular flexibility index (Phi) is 5.27. The lowest BCUT2D eigenvalue weighted by Crippen LogP contribution is -2.47. The Morgan fingerprint density at radius 3 is 2.52 bits per heavy atom. The number of esters is 1. The fraction of sp³-hybridized carbons (Fsp3) is 0.476. The average Bonchev–Trinajstić information content (AvgIpc) is 3.57. The van der Waals surface area contributed by atoms with Gasteiger partial charge in [0.15, 0.2) is 0 Å². The Morgan fingerprint density at radius 1 is 1.17 bits per heavy atom. The van der Waals surface area contributed by atoms with Crippen LogP contribution in [0.15, 0.2) is 29.2 Å². The molecule has 0 spiro atoms. The molecule has 1 aliphatic heterocycles. The largest absolute Gasteiger partial charge is 0.477 e. The number of methoxy groups -OCH3 is 1. The molecule has 4 rings (SSSR count). The molecule has 2 heterocycles. The number of piperazine rings is 1. The quantitative estimate of drug-likeness (QED) is 0.740. The van der Waals surface area contributed by atoms with Gasteiger partial charge in [-0.15, -0.1) is 0 Å². The molecule has 1 N–H and O–H groups in total. The van der Waals surface area contributed by atoms with Gasteiger partial charge in [-0.2, -0.15) is 0 Å². The predicted molar refractivity (Wildman–Crippen MR) is 109 cm³/mol. The molecule has 0 unspecified atom stereocenters. The molecule has 0 atom stereocenters. The summed E-state index contributed by atoms with van der Waals surface area (Å²) in [6.07, 6.45) is 3.89. The van der Waals surface area contributed by atoms with Crippen molar-refractivity contribution < 1.29 is 19.4 Å². The molecule has 8 heteroatoms. The molecule has 8 nitrogen and oxygen atoms in total. The number of carboxylic acid groups (broad SMARTS) is 1. The average molecular weight is 399 g/mol. The van der Waals surface area contributed by atoms with Crippen molar-refractivity contribution in [2.45, 2.75) is 25.3 Å². The Hall–Kier alpha value is -2.87. The van der Waals surface area contributed by atoms with Gasteiger partial charge in [0.25, 0.3) is 0 Å². The maximum absolute atomic E-state index is 12.6. The van der Waals surface area contributed by atoms with E-state index in [2.05, 4.69) is 9.80 Å². The number of aromatic carboxylic acids is 1. The first-order valence-electron chi connectivity index (χ1n) is 9.94. The van der Waals surface area contributed by atoms with E-state index >= 15 is 0 Å². The number of anilines is 1. The van der Waals surface area contributed by atoms with E-state index in [1.807, 2.05) is 16.7 Å². The molecule has 1 aliphatic carbocycles. The van der Waals surface area contributed by atoms with Crippen LogP contribution in [0, 0.1) is 0 Å². The Balaban J connectivity index is 1.56. The molecule has 0 bridgehead atoms. The van der Waals surface area contributed by atoms with E-state index in [0.29, 0.717) is 18.4 Å². The number of carboxylic acids is 1. The third kappa shape index (κ3) is 3.98. The molecule has 1 saturated carbocycles. The number of hydrogen-bond donors (Lipinski definition) is 1. The molecular formula is C21H25N3O5. The van der Waals surface area contributed by atoms with E-state index in [1.165, 1.54) is 13.3 Å². The monoisotopic (exact) mass is 399 g/mol. The van der Waals surface area contributed by atoms with Crippen molar-refractivity contribution in [1.29, 1.82) is 0 Å². The predicted octanol–water partition coefficient (Wildman–Crippen LogP) is 1.72. The molecule has 2 fully saturated rings. The van der Waals surface area contributed by atoms with Crippen molar-refractivity contribution in [2.24, 2.45) is 0 Å². The summed E-state index contributed by atoms with van der Waals surface area (Å²) < 4.78 is 6.65. The summed E-state index contributed by atoms with van der Waals surface area (Å²) in [5.41, 5.74) is 1.23. The van der Waals surface area contributed by atoms with Crippen LogP contribution in [-0.4, -0.2) is 66.3 Å². The van der Waals surface area contributed by atoms with Crippen molar-refractivity contribution in [1.82, 2.24) is 9.47 Å². The van der Waals surface area contributed by atoms with Crippen LogP contribution in [0.1, 0.15) is 35.7 Å². The number of ether oxygens (including phenoxy) is 1. The smallest absolute Gasteiger partial charge is 0.341 e. The van der Waals surface area contributed by atoms with E-state index in [4.69, 9.17) is 4.74 Å². The van der Waals surface area contributed by atoms with Gasteiger partial charge in [-0.3, -0.25) is 14.5 Å². The lowest BCUT2D eigenvalue weighted by atomic mass is 10.1. The number of nitrogens with zero attached hydrogens (tertiary/aromatic N) is 3. The summed E-state index contributed by atoms with van der Waals surface area (Å²) >= 11 is 0. The number of carbonyl (C=O) groups is 2. The Bertz CT molecular complexity index is 1000. The summed E-state index contributed by atoms with van der Waals surface area (Å²) in [6, 6.07) is 5.92. The van der Waals surface area contributed by atoms with Crippen molar-refractivity contribution in [2.75, 3.05) is 44.7 Å². The minimum absolute atomic E-state index is 0.170. The molecule has 1 aromatic carbocycles. The first-order valence-corrected chi connectivity index (χ1v) is 9.94. The molecule has 154 valence electrons. The van der Waals surface area contributed by atoms with Gasteiger partial charge in [0, 0.05) is 56.0 Å². The molecule has 0 amide bonds. The highest BCUT2D eigenvalue weighted by Gasteiger charge is 2.27. The minimum atomic E-state index is -1.18. The summed E-state index contributed by atoms with van der Waals surface area (Å²) in [5, 5.41) is 9.83. The maximum Gasteiger partial charge on any atom is 0.341 e. The molecule has 2 aromatic rings. The Morgan fingerprint density at radius 2 is 1.90 bits per heavy atom. The number of aromatic nitrogens is 1. The fourth-order valence-corrected chi connectivity index (χ4v) is 3.92. The number of benzene rings is 1. The van der Waals surface area contributed by atoms with Crippen molar-refractivity contribution in [3.05, 3.63) is 40.2 Å². The van der Waals surface area contributed by atoms with Gasteiger partial charge >= 0.3 is 11.9 Å². The molecule has 1 saturated heterocycles. The molecule has 0 radical (unpaired) electrons. The van der Waals surface area contributed by atoms with Crippen LogP contribution in [0.2, 0.25) is 0 Å². The van der Waals surface area contributed by atoms with Gasteiger partial charge in [-0.25, -0.2) is 4.79 Å². The summed E-state index contributed by atoms with van der Waals surface area (Å²) in [6.45, 7) is 4.04. The lowest BCUT2D eigenvalue weighted by molar-refractivity contribution is -0.141. The SMILES string of the molecule is COC(=O)CCN1CCN(c2ccc3c(=O)c(C(=O)O)cn(C4CC4)c3c2)CC1. The zero-order chi connectivity index (χ0) is 20.5. The van der Waals surface area contributed by atoms with Crippen molar-refractivity contribution >= 4 is 28.5 Å². The van der Waals surface area contributed by atoms with Crippen LogP contribution < -0.4 is 10.3 Å². The third-order valence-electron chi connectivity index (χ3n) is 5.78. The van der Waals surface area contributed by atoms with Gasteiger partial charge in [-0.05, 0) is 31.0 Å². The van der Waals surface area contributed by atoms with Crippen LogP contribution >= 0.6 is 0 Å². The number of rotatable bonds is 6. The highest BCUT2D eigenvalue weighted by Crippen LogP contribution is 2.37. The highest BCUT2D eigenvalue weighted by atomic mass is 16.5. The summed E-state index contributed by atoms with van der Waals surface area (Å²) in [4.78, 5) is 39.9. The number of hydrogen-bond acceptors (Lipinski definition) is 6. The van der Waals surface area contributed by atoms with Crippen LogP contribution in [-0.2, 0) is 9.53 Å². The summed E-state index contributed by atoms with van der Waals surface area (Å²) in [7, 11) is 1.40. The topological polar surface area (TPSA) is 92.1 Å². The Labute approximate surface area is 168 Å². The first-order chi connectivity index (χ1) is 14.0. The zero-order valence-electron chi connectivity index (χ0n) is 16.5.